The molecule has 1 saturated heterocycles. The van der Waals surface area contributed by atoms with E-state index >= 15 is 0 Å². The number of carbonyl (C=O) groups excluding carboxylic acids is 1. The highest BCUT2D eigenvalue weighted by atomic mass is 32.2. The number of aromatic nitrogens is 2. The molecule has 10 heteroatoms. The van der Waals surface area contributed by atoms with E-state index in [1.54, 1.807) is 42.8 Å². The lowest BCUT2D eigenvalue weighted by molar-refractivity contribution is -0.140. The summed E-state index contributed by atoms with van der Waals surface area (Å²) in [5, 5.41) is 4.29. The first-order valence-corrected chi connectivity index (χ1v) is 9.73. The Morgan fingerprint density at radius 2 is 2.19 bits per heavy atom. The number of carbonyl (C=O) groups is 1. The molecule has 0 spiro atoms. The van der Waals surface area contributed by atoms with Crippen LogP contribution in [-0.4, -0.2) is 66.1 Å². The number of methoxy groups -OCH3 is 3. The van der Waals surface area contributed by atoms with Crippen LogP contribution in [0.4, 0.5) is 0 Å². The van der Waals surface area contributed by atoms with Gasteiger partial charge in [0.05, 0.1) is 33.6 Å². The van der Waals surface area contributed by atoms with Crippen LogP contribution in [0.15, 0.2) is 22.6 Å². The number of ether oxygens (including phenoxy) is 3. The maximum absolute atomic E-state index is 11.8. The molecule has 0 saturated carbocycles. The maximum Gasteiger partial charge on any atom is 0.320 e. The quantitative estimate of drug-likeness (QED) is 0.526. The normalized spacial score (nSPS) is 17.5. The van der Waals surface area contributed by atoms with Crippen LogP contribution >= 0.6 is 24.0 Å². The fourth-order valence-electron chi connectivity index (χ4n) is 2.77. The summed E-state index contributed by atoms with van der Waals surface area (Å²) >= 11 is 6.92. The van der Waals surface area contributed by atoms with E-state index in [-0.39, 0.29) is 16.1 Å². The monoisotopic (exact) mass is 411 g/mol. The van der Waals surface area contributed by atoms with Crippen molar-refractivity contribution in [2.24, 2.45) is 0 Å². The summed E-state index contributed by atoms with van der Waals surface area (Å²) in [6, 6.07) is 5.38. The molecule has 0 N–H and O–H groups in total. The number of thioether (sulfide) groups is 1. The number of hydrogen-bond acceptors (Lipinski definition) is 9. The van der Waals surface area contributed by atoms with Gasteiger partial charge in [0.15, 0.2) is 0 Å². The fraction of sp³-hybridized carbons (Fsp3) is 0.471. The zero-order valence-electron chi connectivity index (χ0n) is 15.3. The first-order chi connectivity index (χ1) is 13.0. The molecule has 1 aromatic carbocycles. The molecular weight excluding hydrogens is 390 g/mol. The Hall–Kier alpha value is -2.04. The topological polar surface area (TPSA) is 79.0 Å². The van der Waals surface area contributed by atoms with Crippen LogP contribution in [0.3, 0.4) is 0 Å². The summed E-state index contributed by atoms with van der Waals surface area (Å²) in [5.41, 5.74) is 0.685. The Kier molecular flexibility index (Phi) is 6.40. The van der Waals surface area contributed by atoms with Crippen LogP contribution in [0.1, 0.15) is 0 Å². The van der Waals surface area contributed by atoms with Gasteiger partial charge in [-0.25, -0.2) is 4.68 Å². The predicted molar refractivity (Wildman–Crippen MR) is 104 cm³/mol. The highest BCUT2D eigenvalue weighted by Crippen LogP contribution is 2.32. The Morgan fingerprint density at radius 1 is 1.37 bits per heavy atom. The van der Waals surface area contributed by atoms with Gasteiger partial charge >= 0.3 is 5.97 Å². The van der Waals surface area contributed by atoms with Crippen molar-refractivity contribution in [3.8, 4) is 23.0 Å². The lowest BCUT2D eigenvalue weighted by Crippen LogP contribution is -2.42. The van der Waals surface area contributed by atoms with Gasteiger partial charge in [0, 0.05) is 24.9 Å². The minimum atomic E-state index is -0.211. The van der Waals surface area contributed by atoms with Gasteiger partial charge in [-0.05, 0) is 24.4 Å². The van der Waals surface area contributed by atoms with E-state index in [2.05, 4.69) is 10.00 Å². The predicted octanol–water partition coefficient (Wildman–Crippen LogP) is 2.44. The number of benzene rings is 1. The molecule has 1 aliphatic heterocycles. The largest absolute Gasteiger partial charge is 0.497 e. The summed E-state index contributed by atoms with van der Waals surface area (Å²) in [6.07, 6.45) is 0. The van der Waals surface area contributed by atoms with Crippen molar-refractivity contribution < 1.29 is 23.4 Å². The smallest absolute Gasteiger partial charge is 0.320 e. The lowest BCUT2D eigenvalue weighted by Gasteiger charge is -2.30. The molecule has 0 radical (unpaired) electrons. The maximum atomic E-state index is 11.8. The second-order valence-electron chi connectivity index (χ2n) is 5.84. The minimum absolute atomic E-state index is 0.203. The molecule has 27 heavy (non-hydrogen) atoms. The zero-order chi connectivity index (χ0) is 19.4. The van der Waals surface area contributed by atoms with Gasteiger partial charge < -0.3 is 18.6 Å². The molecule has 1 atom stereocenters. The third-order valence-corrected chi connectivity index (χ3v) is 5.65. The first-order valence-electron chi connectivity index (χ1n) is 8.28. The van der Waals surface area contributed by atoms with E-state index in [1.165, 1.54) is 7.11 Å². The Balaban J connectivity index is 1.79. The molecule has 1 fully saturated rings. The van der Waals surface area contributed by atoms with E-state index in [9.17, 15) is 4.79 Å². The molecule has 0 amide bonds. The van der Waals surface area contributed by atoms with Crippen LogP contribution in [-0.2, 0) is 16.2 Å². The highest BCUT2D eigenvalue weighted by molar-refractivity contribution is 8.00. The molecule has 1 aromatic heterocycles. The zero-order valence-corrected chi connectivity index (χ0v) is 17.0. The Labute approximate surface area is 166 Å². The van der Waals surface area contributed by atoms with E-state index in [4.69, 9.17) is 30.8 Å². The molecule has 0 aliphatic carbocycles. The average Bonchev–Trinajstić information content (AvgIpc) is 3.07. The number of rotatable bonds is 6. The SMILES string of the molecule is COC(=O)[C@H]1CN(Cn2nc(-c3ccc(OC)cc3OC)oc2=S)CCS1. The lowest BCUT2D eigenvalue weighted by atomic mass is 10.2. The number of hydrogen-bond donors (Lipinski definition) is 0. The van der Waals surface area contributed by atoms with E-state index in [0.29, 0.717) is 36.2 Å². The van der Waals surface area contributed by atoms with Crippen LogP contribution in [0, 0.1) is 4.84 Å². The summed E-state index contributed by atoms with van der Waals surface area (Å²) in [7, 11) is 4.57. The molecule has 8 nitrogen and oxygen atoms in total. The molecule has 1 aliphatic rings. The summed E-state index contributed by atoms with van der Waals surface area (Å²) in [4.78, 5) is 14.2. The van der Waals surface area contributed by atoms with Gasteiger partial charge in [0.25, 0.3) is 10.7 Å². The number of esters is 1. The standard InChI is InChI=1S/C17H21N3O5S2/c1-22-11-4-5-12(13(8-11)23-2)15-18-20(17(26)25-15)10-19-6-7-27-14(9-19)16(21)24-3/h4-5,8,14H,6-7,9-10H2,1-3H3/t14-/m1/s1. The van der Waals surface area contributed by atoms with E-state index in [1.807, 2.05) is 6.07 Å². The highest BCUT2D eigenvalue weighted by Gasteiger charge is 2.27. The molecule has 2 heterocycles. The summed E-state index contributed by atoms with van der Waals surface area (Å²) < 4.78 is 22.8. The fourth-order valence-corrected chi connectivity index (χ4v) is 4.15. The van der Waals surface area contributed by atoms with Gasteiger partial charge in [-0.1, -0.05) is 0 Å². The van der Waals surface area contributed by atoms with Gasteiger partial charge in [-0.3, -0.25) is 9.69 Å². The van der Waals surface area contributed by atoms with Crippen LogP contribution in [0.2, 0.25) is 0 Å². The van der Waals surface area contributed by atoms with Crippen LogP contribution < -0.4 is 9.47 Å². The van der Waals surface area contributed by atoms with Crippen molar-refractivity contribution in [1.82, 2.24) is 14.7 Å². The molecule has 2 aromatic rings. The molecule has 146 valence electrons. The van der Waals surface area contributed by atoms with Crippen molar-refractivity contribution in [2.75, 3.05) is 40.2 Å². The molecule has 0 bridgehead atoms. The summed E-state index contributed by atoms with van der Waals surface area (Å²) in [5.74, 6) is 2.25. The van der Waals surface area contributed by atoms with Crippen molar-refractivity contribution in [3.63, 3.8) is 0 Å². The van der Waals surface area contributed by atoms with E-state index in [0.717, 1.165) is 12.3 Å². The summed E-state index contributed by atoms with van der Waals surface area (Å²) in [6.45, 7) is 1.84. The molecular formula is C17H21N3O5S2. The van der Waals surface area contributed by atoms with Crippen molar-refractivity contribution in [3.05, 3.63) is 23.0 Å². The van der Waals surface area contributed by atoms with Crippen LogP contribution in [0.25, 0.3) is 11.5 Å². The number of nitrogens with zero attached hydrogens (tertiary/aromatic N) is 3. The average molecular weight is 412 g/mol. The van der Waals surface area contributed by atoms with Gasteiger partial charge in [0.2, 0.25) is 0 Å². The van der Waals surface area contributed by atoms with Gasteiger partial charge in [0.1, 0.15) is 16.7 Å². The second kappa shape index (κ2) is 8.77. The molecule has 0 unspecified atom stereocenters. The van der Waals surface area contributed by atoms with Crippen molar-refractivity contribution >= 4 is 29.9 Å². The van der Waals surface area contributed by atoms with Gasteiger partial charge in [-0.15, -0.1) is 16.9 Å². The third-order valence-electron chi connectivity index (χ3n) is 4.19. The minimum Gasteiger partial charge on any atom is -0.497 e. The van der Waals surface area contributed by atoms with Crippen molar-refractivity contribution in [1.29, 1.82) is 0 Å². The van der Waals surface area contributed by atoms with Crippen LogP contribution in [0.5, 0.6) is 11.5 Å². The van der Waals surface area contributed by atoms with Gasteiger partial charge in [-0.2, -0.15) is 0 Å². The van der Waals surface area contributed by atoms with Crippen molar-refractivity contribution in [2.45, 2.75) is 11.9 Å². The second-order valence-corrected chi connectivity index (χ2v) is 7.50. The first kappa shape index (κ1) is 19.7. The Morgan fingerprint density at radius 3 is 2.89 bits per heavy atom. The third kappa shape index (κ3) is 4.45. The Bertz CT molecular complexity index is 866. The van der Waals surface area contributed by atoms with E-state index < -0.39 is 0 Å². The molecule has 3 rings (SSSR count).